The molecule has 104 valence electrons. The largest absolute Gasteiger partial charge is 0.497 e. The normalized spacial score (nSPS) is 11.1. The van der Waals surface area contributed by atoms with Gasteiger partial charge in [0.15, 0.2) is 0 Å². The molecule has 21 heavy (non-hydrogen) atoms. The molecular formula is C18H16N2O. The van der Waals surface area contributed by atoms with Crippen molar-refractivity contribution in [1.29, 1.82) is 0 Å². The summed E-state index contributed by atoms with van der Waals surface area (Å²) in [7, 11) is 1.67. The van der Waals surface area contributed by atoms with Gasteiger partial charge in [-0.15, -0.1) is 0 Å². The zero-order valence-electron chi connectivity index (χ0n) is 12.1. The molecule has 0 unspecified atom stereocenters. The van der Waals surface area contributed by atoms with Crippen LogP contribution in [0.25, 0.3) is 23.1 Å². The van der Waals surface area contributed by atoms with Gasteiger partial charge < -0.3 is 4.74 Å². The van der Waals surface area contributed by atoms with Crippen LogP contribution < -0.4 is 4.74 Å². The Kier molecular flexibility index (Phi) is 3.65. The molecule has 0 spiro atoms. The van der Waals surface area contributed by atoms with Crippen molar-refractivity contribution in [2.24, 2.45) is 0 Å². The Balaban J connectivity index is 1.91. The predicted octanol–water partition coefficient (Wildman–Crippen LogP) is 4.12. The van der Waals surface area contributed by atoms with Gasteiger partial charge in [0, 0.05) is 17.3 Å². The highest BCUT2D eigenvalue weighted by Gasteiger charge is 1.98. The van der Waals surface area contributed by atoms with Crippen LogP contribution in [-0.2, 0) is 0 Å². The molecule has 0 saturated carbocycles. The Morgan fingerprint density at radius 3 is 2.71 bits per heavy atom. The SMILES string of the molecule is COc1ccc2nc(/C=C/c3ccnc(C)c3)ccc2c1. The van der Waals surface area contributed by atoms with E-state index in [4.69, 9.17) is 4.74 Å². The van der Waals surface area contributed by atoms with Gasteiger partial charge in [-0.3, -0.25) is 4.98 Å². The van der Waals surface area contributed by atoms with E-state index in [-0.39, 0.29) is 0 Å². The van der Waals surface area contributed by atoms with Crippen molar-refractivity contribution in [2.75, 3.05) is 7.11 Å². The molecule has 0 atom stereocenters. The highest BCUT2D eigenvalue weighted by molar-refractivity contribution is 5.82. The van der Waals surface area contributed by atoms with E-state index in [0.29, 0.717) is 0 Å². The van der Waals surface area contributed by atoms with Crippen molar-refractivity contribution in [3.05, 3.63) is 65.6 Å². The van der Waals surface area contributed by atoms with Crippen LogP contribution in [0.2, 0.25) is 0 Å². The number of methoxy groups -OCH3 is 1. The number of aryl methyl sites for hydroxylation is 1. The van der Waals surface area contributed by atoms with Crippen LogP contribution in [-0.4, -0.2) is 17.1 Å². The summed E-state index contributed by atoms with van der Waals surface area (Å²) in [6, 6.07) is 14.0. The zero-order chi connectivity index (χ0) is 14.7. The van der Waals surface area contributed by atoms with Gasteiger partial charge in [0.1, 0.15) is 5.75 Å². The molecule has 0 bridgehead atoms. The molecular weight excluding hydrogens is 260 g/mol. The maximum Gasteiger partial charge on any atom is 0.119 e. The Morgan fingerprint density at radius 2 is 1.90 bits per heavy atom. The van der Waals surface area contributed by atoms with E-state index in [9.17, 15) is 0 Å². The lowest BCUT2D eigenvalue weighted by atomic mass is 10.1. The van der Waals surface area contributed by atoms with Gasteiger partial charge in [-0.25, -0.2) is 4.98 Å². The van der Waals surface area contributed by atoms with Gasteiger partial charge in [-0.05, 0) is 55.0 Å². The fourth-order valence-corrected chi connectivity index (χ4v) is 2.19. The fourth-order valence-electron chi connectivity index (χ4n) is 2.19. The van der Waals surface area contributed by atoms with Gasteiger partial charge in [0.05, 0.1) is 18.3 Å². The van der Waals surface area contributed by atoms with Crippen molar-refractivity contribution in [2.45, 2.75) is 6.92 Å². The first-order valence-electron chi connectivity index (χ1n) is 6.80. The maximum absolute atomic E-state index is 5.22. The first-order valence-corrected chi connectivity index (χ1v) is 6.80. The molecule has 0 fully saturated rings. The van der Waals surface area contributed by atoms with Crippen molar-refractivity contribution in [1.82, 2.24) is 9.97 Å². The summed E-state index contributed by atoms with van der Waals surface area (Å²) in [5.74, 6) is 0.847. The second-order valence-electron chi connectivity index (χ2n) is 4.86. The highest BCUT2D eigenvalue weighted by atomic mass is 16.5. The number of hydrogen-bond acceptors (Lipinski definition) is 3. The van der Waals surface area contributed by atoms with Crippen molar-refractivity contribution in [3.63, 3.8) is 0 Å². The number of benzene rings is 1. The summed E-state index contributed by atoms with van der Waals surface area (Å²) in [5, 5.41) is 1.08. The van der Waals surface area contributed by atoms with E-state index in [1.54, 1.807) is 7.11 Å². The summed E-state index contributed by atoms with van der Waals surface area (Å²) in [5.41, 5.74) is 4.03. The number of aromatic nitrogens is 2. The number of ether oxygens (including phenoxy) is 1. The number of hydrogen-bond donors (Lipinski definition) is 0. The molecule has 0 aliphatic rings. The lowest BCUT2D eigenvalue weighted by molar-refractivity contribution is 0.415. The molecule has 3 aromatic rings. The van der Waals surface area contributed by atoms with Crippen LogP contribution in [0.4, 0.5) is 0 Å². The molecule has 1 aromatic carbocycles. The lowest BCUT2D eigenvalue weighted by Gasteiger charge is -2.03. The molecule has 3 rings (SSSR count). The molecule has 3 nitrogen and oxygen atoms in total. The molecule has 2 heterocycles. The topological polar surface area (TPSA) is 35.0 Å². The van der Waals surface area contributed by atoms with E-state index in [1.807, 2.05) is 61.7 Å². The molecule has 3 heteroatoms. The van der Waals surface area contributed by atoms with Gasteiger partial charge in [-0.2, -0.15) is 0 Å². The summed E-state index contributed by atoms with van der Waals surface area (Å²) in [4.78, 5) is 8.82. The number of nitrogens with zero attached hydrogens (tertiary/aromatic N) is 2. The molecule has 0 amide bonds. The van der Waals surface area contributed by atoms with E-state index in [2.05, 4.69) is 16.0 Å². The Bertz CT molecular complexity index is 809. The number of rotatable bonds is 3. The smallest absolute Gasteiger partial charge is 0.119 e. The Hall–Kier alpha value is -2.68. The Labute approximate surface area is 123 Å². The monoisotopic (exact) mass is 276 g/mol. The van der Waals surface area contributed by atoms with Crippen molar-refractivity contribution in [3.8, 4) is 5.75 Å². The van der Waals surface area contributed by atoms with Crippen LogP contribution in [0.3, 0.4) is 0 Å². The summed E-state index contributed by atoms with van der Waals surface area (Å²) >= 11 is 0. The predicted molar refractivity (Wildman–Crippen MR) is 86.2 cm³/mol. The molecule has 0 N–H and O–H groups in total. The summed E-state index contributed by atoms with van der Waals surface area (Å²) < 4.78 is 5.22. The second-order valence-corrected chi connectivity index (χ2v) is 4.86. The first-order chi connectivity index (χ1) is 10.2. The van der Waals surface area contributed by atoms with E-state index < -0.39 is 0 Å². The third-order valence-electron chi connectivity index (χ3n) is 3.29. The van der Waals surface area contributed by atoms with Crippen LogP contribution in [0, 0.1) is 6.92 Å². The zero-order valence-corrected chi connectivity index (χ0v) is 12.1. The van der Waals surface area contributed by atoms with E-state index in [0.717, 1.165) is 33.6 Å². The van der Waals surface area contributed by atoms with Crippen LogP contribution in [0.5, 0.6) is 5.75 Å². The average Bonchev–Trinajstić information content (AvgIpc) is 2.52. The quantitative estimate of drug-likeness (QED) is 0.722. The number of pyridine rings is 2. The maximum atomic E-state index is 5.22. The van der Waals surface area contributed by atoms with E-state index in [1.165, 1.54) is 0 Å². The fraction of sp³-hybridized carbons (Fsp3) is 0.111. The van der Waals surface area contributed by atoms with Crippen LogP contribution in [0.15, 0.2) is 48.7 Å². The summed E-state index contributed by atoms with van der Waals surface area (Å²) in [6.07, 6.45) is 5.87. The average molecular weight is 276 g/mol. The van der Waals surface area contributed by atoms with Crippen molar-refractivity contribution < 1.29 is 4.74 Å². The van der Waals surface area contributed by atoms with Gasteiger partial charge in [-0.1, -0.05) is 12.1 Å². The van der Waals surface area contributed by atoms with Crippen LogP contribution in [0.1, 0.15) is 17.0 Å². The molecule has 0 aliphatic carbocycles. The van der Waals surface area contributed by atoms with Crippen LogP contribution >= 0.6 is 0 Å². The van der Waals surface area contributed by atoms with E-state index >= 15 is 0 Å². The Morgan fingerprint density at radius 1 is 1.00 bits per heavy atom. The van der Waals surface area contributed by atoms with Gasteiger partial charge >= 0.3 is 0 Å². The highest BCUT2D eigenvalue weighted by Crippen LogP contribution is 2.20. The third-order valence-corrected chi connectivity index (χ3v) is 3.29. The molecule has 0 aliphatic heterocycles. The summed E-state index contributed by atoms with van der Waals surface area (Å²) in [6.45, 7) is 1.99. The van der Waals surface area contributed by atoms with Gasteiger partial charge in [0.2, 0.25) is 0 Å². The minimum atomic E-state index is 0.847. The number of fused-ring (bicyclic) bond motifs is 1. The third kappa shape index (κ3) is 3.08. The molecule has 2 aromatic heterocycles. The van der Waals surface area contributed by atoms with Crippen molar-refractivity contribution >= 4 is 23.1 Å². The van der Waals surface area contributed by atoms with Gasteiger partial charge in [0.25, 0.3) is 0 Å². The standard InChI is InChI=1S/C18H16N2O/c1-13-11-14(9-10-19-13)3-5-16-6-4-15-12-17(21-2)7-8-18(15)20-16/h3-12H,1-2H3/b5-3+. The molecule has 0 radical (unpaired) electrons. The minimum absolute atomic E-state index is 0.847. The minimum Gasteiger partial charge on any atom is -0.497 e. The molecule has 0 saturated heterocycles. The second kappa shape index (κ2) is 5.75. The lowest BCUT2D eigenvalue weighted by Crippen LogP contribution is -1.86. The first kappa shape index (κ1) is 13.3.